The molecule has 0 spiro atoms. The first-order chi connectivity index (χ1) is 14.2. The molecule has 3 aromatic rings. The summed E-state index contributed by atoms with van der Waals surface area (Å²) in [5, 5.41) is 0. The lowest BCUT2D eigenvalue weighted by Gasteiger charge is -2.42. The summed E-state index contributed by atoms with van der Waals surface area (Å²) < 4.78 is 24.7. The Bertz CT molecular complexity index is 999. The Balaban J connectivity index is 1.28. The van der Waals surface area contributed by atoms with Gasteiger partial charge in [0, 0.05) is 30.1 Å². The Labute approximate surface area is 168 Å². The van der Waals surface area contributed by atoms with E-state index in [0.717, 1.165) is 22.6 Å². The molecule has 2 aliphatic heterocycles. The zero-order valence-electron chi connectivity index (χ0n) is 15.8. The maximum absolute atomic E-state index is 13.4. The van der Waals surface area contributed by atoms with Crippen LogP contribution in [0.3, 0.4) is 0 Å². The molecule has 0 radical (unpaired) electrons. The maximum atomic E-state index is 13.4. The van der Waals surface area contributed by atoms with Crippen molar-refractivity contribution in [2.45, 2.75) is 5.92 Å². The average molecular weight is 389 g/mol. The molecule has 0 N–H and O–H groups in total. The highest BCUT2D eigenvalue weighted by molar-refractivity contribution is 5.90. The van der Waals surface area contributed by atoms with Crippen LogP contribution in [-0.4, -0.2) is 30.5 Å². The summed E-state index contributed by atoms with van der Waals surface area (Å²) in [6.45, 7) is 1.82. The zero-order valence-corrected chi connectivity index (χ0v) is 15.8. The number of ether oxygens (including phenoxy) is 2. The van der Waals surface area contributed by atoms with Crippen molar-refractivity contribution in [3.05, 3.63) is 89.7 Å². The van der Waals surface area contributed by atoms with Gasteiger partial charge in [0.25, 0.3) is 0 Å². The smallest absolute Gasteiger partial charge is 0.234 e. The summed E-state index contributed by atoms with van der Waals surface area (Å²) in [5.74, 6) is 1.84. The molecular formula is C24H20FNO3. The number of carbonyl (C=O) groups excluding carboxylic acids is 1. The van der Waals surface area contributed by atoms with Crippen LogP contribution in [0, 0.1) is 11.7 Å². The third-order valence-electron chi connectivity index (χ3n) is 5.50. The molecule has 146 valence electrons. The molecule has 29 heavy (non-hydrogen) atoms. The maximum Gasteiger partial charge on any atom is 0.234 e. The molecule has 5 rings (SSSR count). The number of fused-ring (bicyclic) bond motifs is 2. The fraction of sp³-hybridized carbons (Fsp3) is 0.208. The molecule has 1 amide bonds. The highest BCUT2D eigenvalue weighted by atomic mass is 19.1. The highest BCUT2D eigenvalue weighted by Crippen LogP contribution is 2.45. The summed E-state index contributed by atoms with van der Waals surface area (Å²) in [6.07, 6.45) is 0. The molecular weight excluding hydrogens is 369 g/mol. The summed E-state index contributed by atoms with van der Waals surface area (Å²) in [5.41, 5.74) is 1.81. The van der Waals surface area contributed by atoms with Crippen LogP contribution >= 0.6 is 0 Å². The fourth-order valence-electron chi connectivity index (χ4n) is 3.96. The second-order valence-electron chi connectivity index (χ2n) is 7.48. The van der Waals surface area contributed by atoms with E-state index in [1.807, 2.05) is 53.4 Å². The van der Waals surface area contributed by atoms with Crippen LogP contribution in [0.1, 0.15) is 17.0 Å². The number of hydrogen-bond donors (Lipinski definition) is 0. The number of amides is 1. The molecule has 5 heteroatoms. The molecule has 1 fully saturated rings. The summed E-state index contributed by atoms with van der Waals surface area (Å²) >= 11 is 0. The molecule has 1 saturated heterocycles. The van der Waals surface area contributed by atoms with Gasteiger partial charge in [-0.3, -0.25) is 4.79 Å². The van der Waals surface area contributed by atoms with E-state index in [-0.39, 0.29) is 23.6 Å². The molecule has 0 bridgehead atoms. The Hall–Kier alpha value is -3.34. The average Bonchev–Trinajstić information content (AvgIpc) is 2.72. The van der Waals surface area contributed by atoms with Crippen LogP contribution < -0.4 is 9.47 Å². The number of nitrogens with zero attached hydrogens (tertiary/aromatic N) is 1. The van der Waals surface area contributed by atoms with E-state index in [1.54, 1.807) is 12.1 Å². The first kappa shape index (κ1) is 17.7. The summed E-state index contributed by atoms with van der Waals surface area (Å²) in [4.78, 5) is 15.2. The van der Waals surface area contributed by atoms with Gasteiger partial charge in [-0.1, -0.05) is 36.4 Å². The first-order valence-corrected chi connectivity index (χ1v) is 9.72. The van der Waals surface area contributed by atoms with Crippen molar-refractivity contribution in [2.75, 3.05) is 19.7 Å². The Morgan fingerprint density at radius 1 is 0.931 bits per heavy atom. The van der Waals surface area contributed by atoms with Crippen LogP contribution in [-0.2, 0) is 4.79 Å². The molecule has 3 aromatic carbocycles. The van der Waals surface area contributed by atoms with Crippen molar-refractivity contribution in [1.82, 2.24) is 4.90 Å². The molecule has 0 aromatic heterocycles. The van der Waals surface area contributed by atoms with Crippen molar-refractivity contribution in [1.29, 1.82) is 0 Å². The van der Waals surface area contributed by atoms with Gasteiger partial charge in [0.1, 0.15) is 23.1 Å². The van der Waals surface area contributed by atoms with Crippen LogP contribution in [0.5, 0.6) is 17.2 Å². The van der Waals surface area contributed by atoms with Gasteiger partial charge in [-0.05, 0) is 36.4 Å². The minimum Gasteiger partial charge on any atom is -0.493 e. The van der Waals surface area contributed by atoms with Crippen LogP contribution in [0.15, 0.2) is 72.8 Å². The molecule has 0 saturated carbocycles. The third-order valence-corrected chi connectivity index (χ3v) is 5.50. The quantitative estimate of drug-likeness (QED) is 0.655. The summed E-state index contributed by atoms with van der Waals surface area (Å²) in [6, 6.07) is 21.4. The number of benzene rings is 3. The van der Waals surface area contributed by atoms with Gasteiger partial charge in [-0.15, -0.1) is 0 Å². The SMILES string of the molecule is O=C(C1c2ccccc2Oc2ccccc21)N1CC(COc2ccc(F)cc2)C1. The minimum absolute atomic E-state index is 0.0891. The number of halogens is 1. The number of likely N-dealkylation sites (tertiary alicyclic amines) is 1. The van der Waals surface area contributed by atoms with Gasteiger partial charge in [0.15, 0.2) is 0 Å². The Morgan fingerprint density at radius 3 is 2.14 bits per heavy atom. The van der Waals surface area contributed by atoms with Crippen LogP contribution in [0.2, 0.25) is 0 Å². The minimum atomic E-state index is -0.352. The molecule has 2 aliphatic rings. The molecule has 2 heterocycles. The van der Waals surface area contributed by atoms with E-state index in [2.05, 4.69) is 0 Å². The predicted molar refractivity (Wildman–Crippen MR) is 107 cm³/mol. The van der Waals surface area contributed by atoms with E-state index in [9.17, 15) is 9.18 Å². The van der Waals surface area contributed by atoms with E-state index in [4.69, 9.17) is 9.47 Å². The molecule has 4 nitrogen and oxygen atoms in total. The number of carbonyl (C=O) groups is 1. The third kappa shape index (κ3) is 3.33. The Morgan fingerprint density at radius 2 is 1.52 bits per heavy atom. The van der Waals surface area contributed by atoms with Gasteiger partial charge < -0.3 is 14.4 Å². The predicted octanol–water partition coefficient (Wildman–Crippen LogP) is 4.60. The van der Waals surface area contributed by atoms with Crippen LogP contribution in [0.4, 0.5) is 4.39 Å². The van der Waals surface area contributed by atoms with Crippen molar-refractivity contribution < 1.29 is 18.7 Å². The van der Waals surface area contributed by atoms with Gasteiger partial charge in [0.05, 0.1) is 12.5 Å². The van der Waals surface area contributed by atoms with Crippen molar-refractivity contribution >= 4 is 5.91 Å². The van der Waals surface area contributed by atoms with E-state index < -0.39 is 0 Å². The summed E-state index contributed by atoms with van der Waals surface area (Å²) in [7, 11) is 0. The van der Waals surface area contributed by atoms with E-state index >= 15 is 0 Å². The van der Waals surface area contributed by atoms with Gasteiger partial charge >= 0.3 is 0 Å². The fourth-order valence-corrected chi connectivity index (χ4v) is 3.96. The lowest BCUT2D eigenvalue weighted by molar-refractivity contribution is -0.139. The normalized spacial score (nSPS) is 15.7. The van der Waals surface area contributed by atoms with E-state index in [0.29, 0.717) is 25.4 Å². The zero-order chi connectivity index (χ0) is 19.8. The van der Waals surface area contributed by atoms with Gasteiger partial charge in [-0.25, -0.2) is 4.39 Å². The van der Waals surface area contributed by atoms with Crippen molar-refractivity contribution in [3.8, 4) is 17.2 Å². The molecule has 0 atom stereocenters. The standard InChI is InChI=1S/C24H20FNO3/c25-17-9-11-18(12-10-17)28-15-16-13-26(14-16)24(27)23-19-5-1-3-7-21(19)29-22-8-4-2-6-20(22)23/h1-12,16,23H,13-15H2. The van der Waals surface area contributed by atoms with Crippen molar-refractivity contribution in [2.24, 2.45) is 5.92 Å². The highest BCUT2D eigenvalue weighted by Gasteiger charge is 2.39. The Kier molecular flexibility index (Phi) is 4.43. The topological polar surface area (TPSA) is 38.8 Å². The van der Waals surface area contributed by atoms with Crippen LogP contribution in [0.25, 0.3) is 0 Å². The number of para-hydroxylation sites is 2. The van der Waals surface area contributed by atoms with Gasteiger partial charge in [0.2, 0.25) is 5.91 Å². The van der Waals surface area contributed by atoms with Gasteiger partial charge in [-0.2, -0.15) is 0 Å². The number of rotatable bonds is 4. The monoisotopic (exact) mass is 389 g/mol. The molecule has 0 unspecified atom stereocenters. The second-order valence-corrected chi connectivity index (χ2v) is 7.48. The molecule has 0 aliphatic carbocycles. The van der Waals surface area contributed by atoms with E-state index in [1.165, 1.54) is 12.1 Å². The second kappa shape index (κ2) is 7.24. The number of hydrogen-bond acceptors (Lipinski definition) is 3. The van der Waals surface area contributed by atoms with Crippen molar-refractivity contribution in [3.63, 3.8) is 0 Å². The first-order valence-electron chi connectivity index (χ1n) is 9.72. The lowest BCUT2D eigenvalue weighted by Crippen LogP contribution is -2.53. The lowest BCUT2D eigenvalue weighted by atomic mass is 9.85. The largest absolute Gasteiger partial charge is 0.493 e.